The second-order valence-corrected chi connectivity index (χ2v) is 6.20. The molecule has 2 atom stereocenters. The van der Waals surface area contributed by atoms with Gasteiger partial charge in [0.25, 0.3) is 0 Å². The number of ether oxygens (including phenoxy) is 1. The zero-order valence-corrected chi connectivity index (χ0v) is 13.1. The highest BCUT2D eigenvalue weighted by Crippen LogP contribution is 2.26. The smallest absolute Gasteiger partial charge is 0.0576 e. The lowest BCUT2D eigenvalue weighted by atomic mass is 9.96. The minimum Gasteiger partial charge on any atom is -0.378 e. The molecule has 3 nitrogen and oxygen atoms in total. The molecule has 4 heteroatoms. The molecule has 0 spiro atoms. The van der Waals surface area contributed by atoms with E-state index < -0.39 is 0 Å². The van der Waals surface area contributed by atoms with Crippen LogP contribution in [0.4, 0.5) is 0 Å². The Morgan fingerprint density at radius 1 is 1.53 bits per heavy atom. The standard InChI is InChI=1S/C15H23BrN2O/c1-11-10-12(16)7-8-14(11)15(18-17)6-2-4-13-5-3-9-19-13/h7-8,10,13,15,18H,2-6,9,17H2,1H3. The number of aryl methyl sites for hydroxylation is 1. The lowest BCUT2D eigenvalue weighted by Gasteiger charge is -2.19. The van der Waals surface area contributed by atoms with E-state index in [9.17, 15) is 0 Å². The Morgan fingerprint density at radius 2 is 2.37 bits per heavy atom. The van der Waals surface area contributed by atoms with E-state index in [0.717, 1.165) is 30.3 Å². The highest BCUT2D eigenvalue weighted by molar-refractivity contribution is 9.10. The van der Waals surface area contributed by atoms with Crippen LogP contribution in [-0.4, -0.2) is 12.7 Å². The molecule has 2 rings (SSSR count). The topological polar surface area (TPSA) is 47.3 Å². The summed E-state index contributed by atoms with van der Waals surface area (Å²) >= 11 is 3.50. The van der Waals surface area contributed by atoms with Crippen molar-refractivity contribution in [3.63, 3.8) is 0 Å². The average Bonchev–Trinajstić information content (AvgIpc) is 2.89. The quantitative estimate of drug-likeness (QED) is 0.620. The molecule has 3 N–H and O–H groups in total. The largest absolute Gasteiger partial charge is 0.378 e. The van der Waals surface area contributed by atoms with E-state index in [1.807, 2.05) is 0 Å². The fourth-order valence-electron chi connectivity index (χ4n) is 2.78. The summed E-state index contributed by atoms with van der Waals surface area (Å²) in [7, 11) is 0. The zero-order valence-electron chi connectivity index (χ0n) is 11.5. The number of nitrogens with two attached hydrogens (primary N) is 1. The third kappa shape index (κ3) is 4.28. The van der Waals surface area contributed by atoms with Gasteiger partial charge in [-0.15, -0.1) is 0 Å². The van der Waals surface area contributed by atoms with Crippen LogP contribution in [0.1, 0.15) is 49.3 Å². The molecule has 19 heavy (non-hydrogen) atoms. The molecule has 1 fully saturated rings. The Labute approximate surface area is 124 Å². The third-order valence-electron chi connectivity index (χ3n) is 3.85. The lowest BCUT2D eigenvalue weighted by Crippen LogP contribution is -2.28. The fourth-order valence-corrected chi connectivity index (χ4v) is 3.26. The Hall–Kier alpha value is -0.420. The van der Waals surface area contributed by atoms with Crippen LogP contribution in [0.3, 0.4) is 0 Å². The van der Waals surface area contributed by atoms with Gasteiger partial charge in [0.1, 0.15) is 0 Å². The van der Waals surface area contributed by atoms with Crippen molar-refractivity contribution in [3.8, 4) is 0 Å². The van der Waals surface area contributed by atoms with Gasteiger partial charge in [-0.3, -0.25) is 11.3 Å². The van der Waals surface area contributed by atoms with Gasteiger partial charge in [0, 0.05) is 17.1 Å². The molecule has 1 aromatic carbocycles. The second kappa shape index (κ2) is 7.39. The van der Waals surface area contributed by atoms with E-state index in [-0.39, 0.29) is 6.04 Å². The van der Waals surface area contributed by atoms with Gasteiger partial charge in [-0.1, -0.05) is 22.0 Å². The molecule has 1 saturated heterocycles. The molecular formula is C15H23BrN2O. The highest BCUT2D eigenvalue weighted by atomic mass is 79.9. The maximum absolute atomic E-state index is 5.71. The van der Waals surface area contributed by atoms with Crippen LogP contribution < -0.4 is 11.3 Å². The molecule has 1 aromatic rings. The highest BCUT2D eigenvalue weighted by Gasteiger charge is 2.17. The summed E-state index contributed by atoms with van der Waals surface area (Å²) in [6, 6.07) is 6.59. The van der Waals surface area contributed by atoms with Crippen LogP contribution in [0.2, 0.25) is 0 Å². The van der Waals surface area contributed by atoms with Crippen LogP contribution in [-0.2, 0) is 4.74 Å². The SMILES string of the molecule is Cc1cc(Br)ccc1C(CCCC1CCCO1)NN. The summed E-state index contributed by atoms with van der Waals surface area (Å²) < 4.78 is 6.77. The normalized spacial score (nSPS) is 20.7. The molecule has 1 heterocycles. The summed E-state index contributed by atoms with van der Waals surface area (Å²) in [6.07, 6.45) is 6.26. The van der Waals surface area contributed by atoms with Crippen molar-refractivity contribution in [2.45, 2.75) is 51.2 Å². The number of hydrazine groups is 1. The molecule has 106 valence electrons. The first-order valence-corrected chi connectivity index (χ1v) is 7.84. The molecular weight excluding hydrogens is 304 g/mol. The van der Waals surface area contributed by atoms with Gasteiger partial charge < -0.3 is 4.74 Å². The maximum atomic E-state index is 5.71. The van der Waals surface area contributed by atoms with E-state index in [1.165, 1.54) is 24.0 Å². The summed E-state index contributed by atoms with van der Waals surface area (Å²) in [6.45, 7) is 3.07. The van der Waals surface area contributed by atoms with Crippen molar-refractivity contribution < 1.29 is 4.74 Å². The van der Waals surface area contributed by atoms with Gasteiger partial charge in [-0.2, -0.15) is 0 Å². The van der Waals surface area contributed by atoms with Gasteiger partial charge in [-0.05, 0) is 62.3 Å². The molecule has 0 radical (unpaired) electrons. The van der Waals surface area contributed by atoms with E-state index >= 15 is 0 Å². The van der Waals surface area contributed by atoms with Gasteiger partial charge in [0.05, 0.1) is 6.10 Å². The van der Waals surface area contributed by atoms with Gasteiger partial charge >= 0.3 is 0 Å². The number of hydrogen-bond donors (Lipinski definition) is 2. The number of halogens is 1. The summed E-state index contributed by atoms with van der Waals surface area (Å²) in [5.74, 6) is 5.71. The van der Waals surface area contributed by atoms with E-state index in [4.69, 9.17) is 10.6 Å². The number of nitrogens with one attached hydrogen (secondary N) is 1. The van der Waals surface area contributed by atoms with Crippen LogP contribution in [0.25, 0.3) is 0 Å². The van der Waals surface area contributed by atoms with Gasteiger partial charge in [0.15, 0.2) is 0 Å². The second-order valence-electron chi connectivity index (χ2n) is 5.29. The van der Waals surface area contributed by atoms with Gasteiger partial charge in [0.2, 0.25) is 0 Å². The van der Waals surface area contributed by atoms with Crippen LogP contribution in [0, 0.1) is 6.92 Å². The Bertz CT molecular complexity index is 405. The van der Waals surface area contributed by atoms with Crippen molar-refractivity contribution in [1.29, 1.82) is 0 Å². The van der Waals surface area contributed by atoms with E-state index in [2.05, 4.69) is 46.5 Å². The number of hydrogen-bond acceptors (Lipinski definition) is 3. The van der Waals surface area contributed by atoms with Crippen molar-refractivity contribution in [2.24, 2.45) is 5.84 Å². The van der Waals surface area contributed by atoms with Crippen LogP contribution in [0.5, 0.6) is 0 Å². The van der Waals surface area contributed by atoms with Crippen molar-refractivity contribution in [3.05, 3.63) is 33.8 Å². The van der Waals surface area contributed by atoms with Crippen LogP contribution >= 0.6 is 15.9 Å². The summed E-state index contributed by atoms with van der Waals surface area (Å²) in [5.41, 5.74) is 5.51. The monoisotopic (exact) mass is 326 g/mol. The molecule has 1 aliphatic heterocycles. The maximum Gasteiger partial charge on any atom is 0.0576 e. The molecule has 0 aromatic heterocycles. The predicted octanol–water partition coefficient (Wildman–Crippen LogP) is 3.61. The average molecular weight is 327 g/mol. The molecule has 0 saturated carbocycles. The first-order chi connectivity index (χ1) is 9.20. The summed E-state index contributed by atoms with van der Waals surface area (Å²) in [4.78, 5) is 0. The minimum atomic E-state index is 0.231. The van der Waals surface area contributed by atoms with Crippen LogP contribution in [0.15, 0.2) is 22.7 Å². The van der Waals surface area contributed by atoms with E-state index in [0.29, 0.717) is 6.10 Å². The number of rotatable bonds is 6. The molecule has 0 amide bonds. The van der Waals surface area contributed by atoms with E-state index in [1.54, 1.807) is 0 Å². The van der Waals surface area contributed by atoms with Crippen molar-refractivity contribution in [1.82, 2.24) is 5.43 Å². The predicted molar refractivity (Wildman–Crippen MR) is 81.8 cm³/mol. The number of benzene rings is 1. The fraction of sp³-hybridized carbons (Fsp3) is 0.600. The molecule has 1 aliphatic rings. The van der Waals surface area contributed by atoms with Gasteiger partial charge in [-0.25, -0.2) is 0 Å². The van der Waals surface area contributed by atoms with Crippen molar-refractivity contribution >= 4 is 15.9 Å². The Kier molecular flexibility index (Phi) is 5.82. The zero-order chi connectivity index (χ0) is 13.7. The third-order valence-corrected chi connectivity index (χ3v) is 4.34. The van der Waals surface area contributed by atoms with Crippen molar-refractivity contribution in [2.75, 3.05) is 6.61 Å². The molecule has 0 aliphatic carbocycles. The molecule has 0 bridgehead atoms. The Balaban J connectivity index is 1.88. The molecule has 2 unspecified atom stereocenters. The first kappa shape index (κ1) is 15.0. The minimum absolute atomic E-state index is 0.231. The lowest BCUT2D eigenvalue weighted by molar-refractivity contribution is 0.101. The Morgan fingerprint density at radius 3 is 3.00 bits per heavy atom. The summed E-state index contributed by atoms with van der Waals surface area (Å²) in [5, 5.41) is 0. The first-order valence-electron chi connectivity index (χ1n) is 7.04.